The minimum absolute atomic E-state index is 0.0613. The molecule has 19 heavy (non-hydrogen) atoms. The van der Waals surface area contributed by atoms with E-state index in [-0.39, 0.29) is 18.1 Å². The molecule has 1 amide bonds. The zero-order valence-electron chi connectivity index (χ0n) is 11.7. The molecule has 0 spiro atoms. The molecule has 102 valence electrons. The summed E-state index contributed by atoms with van der Waals surface area (Å²) in [6, 6.07) is 8.89. The number of amides is 1. The van der Waals surface area contributed by atoms with Crippen molar-refractivity contribution in [2.24, 2.45) is 0 Å². The fourth-order valence-electron chi connectivity index (χ4n) is 3.32. The van der Waals surface area contributed by atoms with E-state index in [1.54, 1.807) is 0 Å². The van der Waals surface area contributed by atoms with E-state index in [0.717, 1.165) is 12.8 Å². The lowest BCUT2D eigenvalue weighted by molar-refractivity contribution is -0.132. The Morgan fingerprint density at radius 1 is 1.16 bits per heavy atom. The monoisotopic (exact) mass is 258 g/mol. The van der Waals surface area contributed by atoms with E-state index in [1.165, 1.54) is 24.0 Å². The van der Waals surface area contributed by atoms with Crippen LogP contribution < -0.4 is 5.32 Å². The number of hydrogen-bond acceptors (Lipinski definition) is 2. The van der Waals surface area contributed by atoms with Crippen LogP contribution in [0.1, 0.15) is 49.9 Å². The van der Waals surface area contributed by atoms with Gasteiger partial charge in [0.05, 0.1) is 6.04 Å². The lowest BCUT2D eigenvalue weighted by Gasteiger charge is -2.30. The van der Waals surface area contributed by atoms with Crippen LogP contribution in [0.3, 0.4) is 0 Å². The summed E-state index contributed by atoms with van der Waals surface area (Å²) in [5.41, 5.74) is 2.46. The van der Waals surface area contributed by atoms with Crippen LogP contribution in [0.25, 0.3) is 0 Å². The zero-order valence-corrected chi connectivity index (χ0v) is 11.7. The largest absolute Gasteiger partial charge is 0.319 e. The van der Waals surface area contributed by atoms with Gasteiger partial charge >= 0.3 is 0 Å². The molecular formula is C16H22N2O. The first-order valence-electron chi connectivity index (χ1n) is 7.31. The Bertz CT molecular complexity index is 462. The Morgan fingerprint density at radius 2 is 1.79 bits per heavy atom. The second kappa shape index (κ2) is 4.97. The molecule has 1 aliphatic heterocycles. The van der Waals surface area contributed by atoms with E-state index in [1.807, 2.05) is 6.92 Å². The number of carbonyl (C=O) groups is 1. The molecule has 2 unspecified atom stereocenters. The van der Waals surface area contributed by atoms with Gasteiger partial charge in [0, 0.05) is 6.04 Å². The fourth-order valence-corrected chi connectivity index (χ4v) is 3.32. The van der Waals surface area contributed by atoms with E-state index in [9.17, 15) is 4.79 Å². The Morgan fingerprint density at radius 3 is 2.42 bits per heavy atom. The Balaban J connectivity index is 1.89. The molecule has 0 bridgehead atoms. The Kier molecular flexibility index (Phi) is 3.31. The molecule has 2 aliphatic rings. The highest BCUT2D eigenvalue weighted by atomic mass is 16.2. The molecular weight excluding hydrogens is 236 g/mol. The van der Waals surface area contributed by atoms with Crippen LogP contribution in [-0.2, 0) is 4.79 Å². The van der Waals surface area contributed by atoms with Gasteiger partial charge in [-0.25, -0.2) is 0 Å². The summed E-state index contributed by atoms with van der Waals surface area (Å²) < 4.78 is 0. The SMILES string of the molecule is Cc1ccc(C2NC(C)C(=O)N2C2CCCC2)cc1. The van der Waals surface area contributed by atoms with Crippen molar-refractivity contribution in [3.63, 3.8) is 0 Å². The first-order chi connectivity index (χ1) is 9.16. The maximum atomic E-state index is 12.4. The fraction of sp³-hybridized carbons (Fsp3) is 0.562. The quantitative estimate of drug-likeness (QED) is 0.884. The maximum absolute atomic E-state index is 12.4. The molecule has 2 atom stereocenters. The van der Waals surface area contributed by atoms with Crippen LogP contribution in [0.15, 0.2) is 24.3 Å². The molecule has 1 heterocycles. The second-order valence-electron chi connectivity index (χ2n) is 5.89. The van der Waals surface area contributed by atoms with Gasteiger partial charge in [-0.1, -0.05) is 42.7 Å². The third kappa shape index (κ3) is 2.27. The zero-order chi connectivity index (χ0) is 13.4. The van der Waals surface area contributed by atoms with E-state index in [4.69, 9.17) is 0 Å². The number of benzene rings is 1. The average molecular weight is 258 g/mol. The highest BCUT2D eigenvalue weighted by Crippen LogP contribution is 2.34. The van der Waals surface area contributed by atoms with Gasteiger partial charge in [-0.2, -0.15) is 0 Å². The third-order valence-electron chi connectivity index (χ3n) is 4.42. The number of nitrogens with zero attached hydrogens (tertiary/aromatic N) is 1. The standard InChI is InChI=1S/C16H22N2O/c1-11-7-9-13(10-8-11)15-17-12(2)16(19)18(15)14-5-3-4-6-14/h7-10,12,14-15,17H,3-6H2,1-2H3. The predicted octanol–water partition coefficient (Wildman–Crippen LogP) is 2.76. The van der Waals surface area contributed by atoms with Crippen molar-refractivity contribution in [2.45, 2.75) is 57.8 Å². The van der Waals surface area contributed by atoms with E-state index < -0.39 is 0 Å². The van der Waals surface area contributed by atoms with Crippen LogP contribution in [0, 0.1) is 6.92 Å². The normalized spacial score (nSPS) is 28.3. The first-order valence-corrected chi connectivity index (χ1v) is 7.31. The summed E-state index contributed by atoms with van der Waals surface area (Å²) >= 11 is 0. The number of carbonyl (C=O) groups excluding carboxylic acids is 1. The molecule has 3 rings (SSSR count). The molecule has 3 nitrogen and oxygen atoms in total. The van der Waals surface area contributed by atoms with Gasteiger partial charge in [-0.05, 0) is 32.3 Å². The maximum Gasteiger partial charge on any atom is 0.241 e. The summed E-state index contributed by atoms with van der Waals surface area (Å²) in [6.07, 6.45) is 4.88. The smallest absolute Gasteiger partial charge is 0.241 e. The van der Waals surface area contributed by atoms with Crippen LogP contribution in [-0.4, -0.2) is 22.9 Å². The lowest BCUT2D eigenvalue weighted by Crippen LogP contribution is -2.38. The van der Waals surface area contributed by atoms with E-state index in [2.05, 4.69) is 41.4 Å². The summed E-state index contributed by atoms with van der Waals surface area (Å²) in [7, 11) is 0. The average Bonchev–Trinajstić information content (AvgIpc) is 3.00. The topological polar surface area (TPSA) is 32.3 Å². The molecule has 2 fully saturated rings. The van der Waals surface area contributed by atoms with Gasteiger partial charge in [-0.15, -0.1) is 0 Å². The molecule has 0 aromatic heterocycles. The minimum Gasteiger partial charge on any atom is -0.319 e. The Hall–Kier alpha value is -1.35. The molecule has 1 aromatic carbocycles. The van der Waals surface area contributed by atoms with Gasteiger partial charge in [-0.3, -0.25) is 10.1 Å². The van der Waals surface area contributed by atoms with Crippen LogP contribution in [0.5, 0.6) is 0 Å². The molecule has 1 saturated carbocycles. The Labute approximate surface area is 115 Å². The van der Waals surface area contributed by atoms with Gasteiger partial charge in [0.1, 0.15) is 6.17 Å². The van der Waals surface area contributed by atoms with E-state index in [0.29, 0.717) is 6.04 Å². The molecule has 1 aliphatic carbocycles. The number of hydrogen-bond donors (Lipinski definition) is 1. The number of nitrogens with one attached hydrogen (secondary N) is 1. The van der Waals surface area contributed by atoms with Crippen molar-refractivity contribution in [2.75, 3.05) is 0 Å². The number of rotatable bonds is 2. The van der Waals surface area contributed by atoms with Crippen molar-refractivity contribution < 1.29 is 4.79 Å². The third-order valence-corrected chi connectivity index (χ3v) is 4.42. The van der Waals surface area contributed by atoms with Crippen LogP contribution in [0.2, 0.25) is 0 Å². The van der Waals surface area contributed by atoms with Gasteiger partial charge < -0.3 is 4.90 Å². The van der Waals surface area contributed by atoms with Crippen molar-refractivity contribution in [3.05, 3.63) is 35.4 Å². The minimum atomic E-state index is -0.0631. The van der Waals surface area contributed by atoms with Crippen molar-refractivity contribution in [3.8, 4) is 0 Å². The molecule has 1 aromatic rings. The predicted molar refractivity (Wildman–Crippen MR) is 75.6 cm³/mol. The summed E-state index contributed by atoms with van der Waals surface area (Å²) in [4.78, 5) is 14.5. The molecule has 3 heteroatoms. The lowest BCUT2D eigenvalue weighted by atomic mass is 10.1. The van der Waals surface area contributed by atoms with Crippen LogP contribution in [0.4, 0.5) is 0 Å². The molecule has 0 radical (unpaired) electrons. The van der Waals surface area contributed by atoms with Crippen molar-refractivity contribution in [1.29, 1.82) is 0 Å². The van der Waals surface area contributed by atoms with Crippen molar-refractivity contribution >= 4 is 5.91 Å². The van der Waals surface area contributed by atoms with E-state index >= 15 is 0 Å². The second-order valence-corrected chi connectivity index (χ2v) is 5.89. The first kappa shape index (κ1) is 12.7. The number of aryl methyl sites for hydroxylation is 1. The van der Waals surface area contributed by atoms with Gasteiger partial charge in [0.15, 0.2) is 0 Å². The summed E-state index contributed by atoms with van der Waals surface area (Å²) in [5, 5.41) is 3.44. The summed E-state index contributed by atoms with van der Waals surface area (Å²) in [5.74, 6) is 0.262. The highest BCUT2D eigenvalue weighted by molar-refractivity contribution is 5.84. The van der Waals surface area contributed by atoms with Crippen molar-refractivity contribution in [1.82, 2.24) is 10.2 Å². The van der Waals surface area contributed by atoms with Gasteiger partial charge in [0.2, 0.25) is 5.91 Å². The van der Waals surface area contributed by atoms with Gasteiger partial charge in [0.25, 0.3) is 0 Å². The molecule has 1 saturated heterocycles. The molecule has 1 N–H and O–H groups in total. The van der Waals surface area contributed by atoms with Crippen LogP contribution >= 0.6 is 0 Å². The summed E-state index contributed by atoms with van der Waals surface area (Å²) in [6.45, 7) is 4.06. The highest BCUT2D eigenvalue weighted by Gasteiger charge is 2.41.